The molecule has 5 heteroatoms. The maximum atomic E-state index is 11.9. The van der Waals surface area contributed by atoms with Crippen LogP contribution < -0.4 is 5.32 Å². The molecule has 0 radical (unpaired) electrons. The van der Waals surface area contributed by atoms with Gasteiger partial charge in [-0.3, -0.25) is 4.79 Å². The lowest BCUT2D eigenvalue weighted by molar-refractivity contribution is 0.0937. The fourth-order valence-electron chi connectivity index (χ4n) is 1.56. The van der Waals surface area contributed by atoms with Crippen molar-refractivity contribution in [2.75, 3.05) is 0 Å². The van der Waals surface area contributed by atoms with E-state index in [1.807, 2.05) is 6.92 Å². The van der Waals surface area contributed by atoms with E-state index < -0.39 is 0 Å². The van der Waals surface area contributed by atoms with Gasteiger partial charge in [0.15, 0.2) is 0 Å². The lowest BCUT2D eigenvalue weighted by Crippen LogP contribution is -2.32. The third-order valence-electron chi connectivity index (χ3n) is 2.58. The molecule has 0 spiro atoms. The summed E-state index contributed by atoms with van der Waals surface area (Å²) in [4.78, 5) is 15.8. The molecule has 1 aromatic heterocycles. The third kappa shape index (κ3) is 5.23. The smallest absolute Gasteiger partial charge is 0.251 e. The Hall–Kier alpha value is -0.800. The van der Waals surface area contributed by atoms with Crippen molar-refractivity contribution in [1.29, 1.82) is 0 Å². The predicted molar refractivity (Wildman–Crippen MR) is 75.3 cm³/mol. The first-order chi connectivity index (χ1) is 8.38. The lowest BCUT2D eigenvalue weighted by atomic mass is 10.0. The van der Waals surface area contributed by atoms with Crippen molar-refractivity contribution >= 4 is 29.1 Å². The molecule has 0 aliphatic carbocycles. The summed E-state index contributed by atoms with van der Waals surface area (Å²) in [6.45, 7) is 6.32. The Morgan fingerprint density at radius 2 is 1.78 bits per heavy atom. The molecule has 0 saturated heterocycles. The maximum absolute atomic E-state index is 11.9. The topological polar surface area (TPSA) is 42.0 Å². The molecule has 1 aromatic rings. The highest BCUT2D eigenvalue weighted by Gasteiger charge is 2.12. The van der Waals surface area contributed by atoms with Crippen LogP contribution in [0.2, 0.25) is 10.3 Å². The lowest BCUT2D eigenvalue weighted by Gasteiger charge is -2.15. The predicted octanol–water partition coefficient (Wildman–Crippen LogP) is 3.94. The van der Waals surface area contributed by atoms with Crippen molar-refractivity contribution in [3.05, 3.63) is 28.0 Å². The quantitative estimate of drug-likeness (QED) is 0.834. The molecule has 0 aliphatic rings. The monoisotopic (exact) mass is 288 g/mol. The number of halogens is 2. The Morgan fingerprint density at radius 1 is 1.22 bits per heavy atom. The van der Waals surface area contributed by atoms with Crippen LogP contribution in [0.4, 0.5) is 0 Å². The summed E-state index contributed by atoms with van der Waals surface area (Å²) in [6, 6.07) is 3.15. The summed E-state index contributed by atoms with van der Waals surface area (Å²) < 4.78 is 0. The van der Waals surface area contributed by atoms with Crippen LogP contribution in [0, 0.1) is 5.92 Å². The van der Waals surface area contributed by atoms with Gasteiger partial charge in [-0.1, -0.05) is 37.0 Å². The molecular formula is C13H18Cl2N2O. The summed E-state index contributed by atoms with van der Waals surface area (Å²) in [5.41, 5.74) is 0.441. The van der Waals surface area contributed by atoms with Gasteiger partial charge in [0.1, 0.15) is 10.3 Å². The minimum Gasteiger partial charge on any atom is -0.350 e. The molecule has 100 valence electrons. The van der Waals surface area contributed by atoms with Crippen molar-refractivity contribution in [3.63, 3.8) is 0 Å². The van der Waals surface area contributed by atoms with Crippen LogP contribution in [-0.4, -0.2) is 16.9 Å². The highest BCUT2D eigenvalue weighted by molar-refractivity contribution is 6.33. The number of hydrogen-bond acceptors (Lipinski definition) is 2. The van der Waals surface area contributed by atoms with E-state index in [-0.39, 0.29) is 22.3 Å². The fraction of sp³-hybridized carbons (Fsp3) is 0.538. The van der Waals surface area contributed by atoms with Gasteiger partial charge in [0.25, 0.3) is 5.91 Å². The minimum atomic E-state index is -0.169. The average Bonchev–Trinajstić information content (AvgIpc) is 2.25. The van der Waals surface area contributed by atoms with Crippen LogP contribution >= 0.6 is 23.2 Å². The molecule has 18 heavy (non-hydrogen) atoms. The Kier molecular flexibility index (Phi) is 5.89. The van der Waals surface area contributed by atoms with Crippen molar-refractivity contribution in [2.45, 2.75) is 39.7 Å². The number of aromatic nitrogens is 1. The molecule has 1 heterocycles. The first kappa shape index (κ1) is 15.3. The van der Waals surface area contributed by atoms with Crippen LogP contribution in [0.5, 0.6) is 0 Å². The van der Waals surface area contributed by atoms with Crippen molar-refractivity contribution < 1.29 is 4.79 Å². The van der Waals surface area contributed by atoms with Crippen LogP contribution in [-0.2, 0) is 0 Å². The van der Waals surface area contributed by atoms with Crippen LogP contribution in [0.3, 0.4) is 0 Å². The second-order valence-electron chi connectivity index (χ2n) is 4.85. The van der Waals surface area contributed by atoms with Gasteiger partial charge in [-0.15, -0.1) is 0 Å². The number of rotatable bonds is 5. The van der Waals surface area contributed by atoms with Crippen molar-refractivity contribution in [3.8, 4) is 0 Å². The average molecular weight is 289 g/mol. The molecule has 0 aromatic carbocycles. The fourth-order valence-corrected chi connectivity index (χ4v) is 2.02. The maximum Gasteiger partial charge on any atom is 0.251 e. The first-order valence-corrected chi connectivity index (χ1v) is 6.78. The van der Waals surface area contributed by atoms with Gasteiger partial charge in [0.2, 0.25) is 0 Å². The largest absolute Gasteiger partial charge is 0.350 e. The normalized spacial score (nSPS) is 12.6. The second-order valence-corrected chi connectivity index (χ2v) is 5.62. The van der Waals surface area contributed by atoms with E-state index in [0.29, 0.717) is 11.5 Å². The molecule has 1 atom stereocenters. The second kappa shape index (κ2) is 6.95. The molecule has 1 rings (SSSR count). The molecule has 0 aliphatic heterocycles. The Bertz CT molecular complexity index is 401. The third-order valence-corrected chi connectivity index (χ3v) is 2.97. The molecular weight excluding hydrogens is 271 g/mol. The van der Waals surface area contributed by atoms with Crippen LogP contribution in [0.25, 0.3) is 0 Å². The molecule has 3 nitrogen and oxygen atoms in total. The zero-order valence-electron chi connectivity index (χ0n) is 10.8. The zero-order chi connectivity index (χ0) is 13.7. The van der Waals surface area contributed by atoms with Gasteiger partial charge in [-0.05, 0) is 37.8 Å². The number of nitrogens with one attached hydrogen (secondary N) is 1. The van der Waals surface area contributed by atoms with Gasteiger partial charge >= 0.3 is 0 Å². The van der Waals surface area contributed by atoms with Gasteiger partial charge in [-0.25, -0.2) is 4.98 Å². The van der Waals surface area contributed by atoms with Crippen LogP contribution in [0.1, 0.15) is 44.0 Å². The van der Waals surface area contributed by atoms with Crippen molar-refractivity contribution in [1.82, 2.24) is 10.3 Å². The van der Waals surface area contributed by atoms with E-state index in [1.165, 1.54) is 12.1 Å². The Morgan fingerprint density at radius 3 is 2.28 bits per heavy atom. The standard InChI is InChI=1S/C13H18Cl2N2O/c1-8(2)4-5-9(3)16-13(18)10-6-11(14)17-12(15)7-10/h6-9H,4-5H2,1-3H3,(H,16,18). The van der Waals surface area contributed by atoms with Gasteiger partial charge < -0.3 is 5.32 Å². The Labute approximate surface area is 118 Å². The van der Waals surface area contributed by atoms with E-state index >= 15 is 0 Å². The molecule has 0 fully saturated rings. The molecule has 1 unspecified atom stereocenters. The molecule has 0 saturated carbocycles. The molecule has 0 bridgehead atoms. The number of carbonyl (C=O) groups excluding carboxylic acids is 1. The summed E-state index contributed by atoms with van der Waals surface area (Å²) >= 11 is 11.5. The summed E-state index contributed by atoms with van der Waals surface area (Å²) in [5.74, 6) is 0.464. The van der Waals surface area contributed by atoms with E-state index in [1.54, 1.807) is 0 Å². The van der Waals surface area contributed by atoms with Gasteiger partial charge in [0, 0.05) is 11.6 Å². The van der Waals surface area contributed by atoms with E-state index in [0.717, 1.165) is 12.8 Å². The summed E-state index contributed by atoms with van der Waals surface area (Å²) in [5, 5.41) is 3.37. The number of nitrogens with zero attached hydrogens (tertiary/aromatic N) is 1. The highest BCUT2D eigenvalue weighted by atomic mass is 35.5. The number of pyridine rings is 1. The van der Waals surface area contributed by atoms with E-state index in [9.17, 15) is 4.79 Å². The van der Waals surface area contributed by atoms with Crippen LogP contribution in [0.15, 0.2) is 12.1 Å². The number of carbonyl (C=O) groups is 1. The van der Waals surface area contributed by atoms with E-state index in [4.69, 9.17) is 23.2 Å². The Balaban J connectivity index is 2.59. The zero-order valence-corrected chi connectivity index (χ0v) is 12.3. The highest BCUT2D eigenvalue weighted by Crippen LogP contribution is 2.15. The number of amides is 1. The summed E-state index contributed by atoms with van der Waals surface area (Å²) in [7, 11) is 0. The SMILES string of the molecule is CC(C)CCC(C)NC(=O)c1cc(Cl)nc(Cl)c1. The first-order valence-electron chi connectivity index (χ1n) is 6.02. The minimum absolute atomic E-state index is 0.130. The van der Waals surface area contributed by atoms with E-state index in [2.05, 4.69) is 24.1 Å². The molecule has 1 amide bonds. The molecule has 1 N–H and O–H groups in total. The number of hydrogen-bond donors (Lipinski definition) is 1. The van der Waals surface area contributed by atoms with Crippen molar-refractivity contribution in [2.24, 2.45) is 5.92 Å². The summed E-state index contributed by atoms with van der Waals surface area (Å²) in [6.07, 6.45) is 2.04. The van der Waals surface area contributed by atoms with Gasteiger partial charge in [-0.2, -0.15) is 0 Å². The van der Waals surface area contributed by atoms with Gasteiger partial charge in [0.05, 0.1) is 0 Å².